The van der Waals surface area contributed by atoms with Gasteiger partial charge in [-0.3, -0.25) is 0 Å². The largest absolute Gasteiger partial charge is 0.397 e. The number of pyridine rings is 1. The van der Waals surface area contributed by atoms with Crippen molar-refractivity contribution in [2.24, 2.45) is 0 Å². The maximum absolute atomic E-state index is 12.7. The first-order valence-corrected chi connectivity index (χ1v) is 4.90. The quantitative estimate of drug-likeness (QED) is 0.792. The molecule has 0 aliphatic heterocycles. The van der Waals surface area contributed by atoms with Crippen molar-refractivity contribution in [2.75, 3.05) is 5.73 Å². The molecule has 0 atom stereocenters. The lowest BCUT2D eigenvalue weighted by molar-refractivity contribution is 0.153. The highest BCUT2D eigenvalue weighted by atomic mass is 32.1. The molecule has 2 heterocycles. The van der Waals surface area contributed by atoms with Gasteiger partial charge < -0.3 is 5.73 Å². The van der Waals surface area contributed by atoms with E-state index in [0.29, 0.717) is 21.6 Å². The summed E-state index contributed by atoms with van der Waals surface area (Å²) in [5.41, 5.74) is 6.55. The molecule has 0 spiro atoms. The molecular formula is C9H8F2N2S. The number of nitrogens with two attached hydrogens (primary N) is 1. The van der Waals surface area contributed by atoms with E-state index in [1.165, 1.54) is 17.4 Å². The molecular weight excluding hydrogens is 206 g/mol. The Bertz CT molecular complexity index is 479. The lowest BCUT2D eigenvalue weighted by Crippen LogP contribution is -1.92. The Morgan fingerprint density at radius 1 is 1.50 bits per heavy atom. The number of halogens is 2. The molecule has 5 heteroatoms. The summed E-state index contributed by atoms with van der Waals surface area (Å²) in [6.45, 7) is 1.70. The van der Waals surface area contributed by atoms with Gasteiger partial charge >= 0.3 is 0 Å². The molecule has 0 fully saturated rings. The summed E-state index contributed by atoms with van der Waals surface area (Å²) in [7, 11) is 0. The number of aryl methyl sites for hydroxylation is 1. The van der Waals surface area contributed by atoms with Gasteiger partial charge in [-0.15, -0.1) is 11.3 Å². The van der Waals surface area contributed by atoms with Gasteiger partial charge in [0.05, 0.1) is 5.69 Å². The van der Waals surface area contributed by atoms with Crippen LogP contribution in [-0.2, 0) is 0 Å². The van der Waals surface area contributed by atoms with Crippen LogP contribution in [-0.4, -0.2) is 4.98 Å². The summed E-state index contributed by atoms with van der Waals surface area (Å²) >= 11 is 1.29. The molecule has 0 saturated carbocycles. The Balaban J connectivity index is 2.83. The molecule has 0 bridgehead atoms. The van der Waals surface area contributed by atoms with E-state index in [1.807, 2.05) is 0 Å². The number of nitrogens with zero attached hydrogens (tertiary/aromatic N) is 1. The fourth-order valence-corrected chi connectivity index (χ4v) is 2.30. The van der Waals surface area contributed by atoms with E-state index in [-0.39, 0.29) is 5.56 Å². The van der Waals surface area contributed by atoms with Crippen LogP contribution < -0.4 is 5.73 Å². The van der Waals surface area contributed by atoms with Crippen molar-refractivity contribution < 1.29 is 8.78 Å². The number of hydrogen-bond acceptors (Lipinski definition) is 3. The Kier molecular flexibility index (Phi) is 2.11. The van der Waals surface area contributed by atoms with E-state index in [4.69, 9.17) is 5.73 Å². The summed E-state index contributed by atoms with van der Waals surface area (Å²) < 4.78 is 25.3. The molecule has 0 saturated heterocycles. The molecule has 2 aromatic heterocycles. The molecule has 74 valence electrons. The zero-order valence-electron chi connectivity index (χ0n) is 7.42. The third-order valence-corrected chi connectivity index (χ3v) is 2.86. The Hall–Kier alpha value is -1.23. The molecule has 0 unspecified atom stereocenters. The van der Waals surface area contributed by atoms with Crippen molar-refractivity contribution in [1.29, 1.82) is 0 Å². The lowest BCUT2D eigenvalue weighted by Gasteiger charge is -2.03. The number of alkyl halides is 2. The minimum atomic E-state index is -2.50. The van der Waals surface area contributed by atoms with E-state index in [9.17, 15) is 8.78 Å². The smallest absolute Gasteiger partial charge is 0.264 e. The Morgan fingerprint density at radius 3 is 2.86 bits per heavy atom. The van der Waals surface area contributed by atoms with Crippen LogP contribution in [0.4, 0.5) is 14.5 Å². The maximum Gasteiger partial charge on any atom is 0.264 e. The molecule has 0 aliphatic rings. The molecule has 2 aromatic rings. The normalized spacial score (nSPS) is 11.4. The summed E-state index contributed by atoms with van der Waals surface area (Å²) in [6, 6.07) is 1.38. The molecule has 0 amide bonds. The maximum atomic E-state index is 12.7. The van der Waals surface area contributed by atoms with Crippen LogP contribution in [0.2, 0.25) is 0 Å². The number of rotatable bonds is 1. The van der Waals surface area contributed by atoms with Gasteiger partial charge in [0.25, 0.3) is 6.43 Å². The predicted molar refractivity (Wildman–Crippen MR) is 53.7 cm³/mol. The summed E-state index contributed by atoms with van der Waals surface area (Å²) in [5, 5.41) is 2.04. The van der Waals surface area contributed by atoms with Gasteiger partial charge in [-0.05, 0) is 13.0 Å². The van der Waals surface area contributed by atoms with E-state index in [1.54, 1.807) is 12.3 Å². The standard InChI is InChI=1S/C9H8F2N2S/c1-4-2-5(8(10)11)7-6(12)3-14-9(7)13-4/h2-3,8H,12H2,1H3. The van der Waals surface area contributed by atoms with Crippen molar-refractivity contribution in [3.05, 3.63) is 22.7 Å². The van der Waals surface area contributed by atoms with Crippen molar-refractivity contribution in [3.8, 4) is 0 Å². The van der Waals surface area contributed by atoms with Crippen molar-refractivity contribution >= 4 is 27.2 Å². The van der Waals surface area contributed by atoms with Gasteiger partial charge in [-0.1, -0.05) is 0 Å². The van der Waals surface area contributed by atoms with E-state index >= 15 is 0 Å². The number of hydrogen-bond donors (Lipinski definition) is 1. The number of fused-ring (bicyclic) bond motifs is 1. The van der Waals surface area contributed by atoms with Crippen LogP contribution in [0.5, 0.6) is 0 Å². The molecule has 2 nitrogen and oxygen atoms in total. The Labute approximate surface area is 83.4 Å². The number of anilines is 1. The summed E-state index contributed by atoms with van der Waals surface area (Å²) in [5.74, 6) is 0. The highest BCUT2D eigenvalue weighted by Gasteiger charge is 2.16. The average Bonchev–Trinajstić information content (AvgIpc) is 2.46. The zero-order chi connectivity index (χ0) is 10.3. The predicted octanol–water partition coefficient (Wildman–Crippen LogP) is 3.12. The summed E-state index contributed by atoms with van der Waals surface area (Å²) in [4.78, 5) is 4.73. The SMILES string of the molecule is Cc1cc(C(F)F)c2c(N)csc2n1. The fourth-order valence-electron chi connectivity index (χ4n) is 1.39. The molecule has 0 aromatic carbocycles. The van der Waals surface area contributed by atoms with Gasteiger partial charge in [0, 0.05) is 22.0 Å². The second kappa shape index (κ2) is 3.16. The highest BCUT2D eigenvalue weighted by molar-refractivity contribution is 7.17. The molecule has 2 N–H and O–H groups in total. The molecule has 0 radical (unpaired) electrons. The topological polar surface area (TPSA) is 38.9 Å². The Morgan fingerprint density at radius 2 is 2.21 bits per heavy atom. The van der Waals surface area contributed by atoms with E-state index < -0.39 is 6.43 Å². The van der Waals surface area contributed by atoms with Gasteiger partial charge in [-0.2, -0.15) is 0 Å². The zero-order valence-corrected chi connectivity index (χ0v) is 8.24. The molecule has 14 heavy (non-hydrogen) atoms. The van der Waals surface area contributed by atoms with E-state index in [2.05, 4.69) is 4.98 Å². The van der Waals surface area contributed by atoms with Gasteiger partial charge in [0.1, 0.15) is 4.83 Å². The molecule has 2 rings (SSSR count). The number of aromatic nitrogens is 1. The first-order chi connectivity index (χ1) is 6.59. The monoisotopic (exact) mass is 214 g/mol. The van der Waals surface area contributed by atoms with Crippen LogP contribution in [0, 0.1) is 6.92 Å². The second-order valence-corrected chi connectivity index (χ2v) is 3.88. The van der Waals surface area contributed by atoms with Gasteiger partial charge in [-0.25, -0.2) is 13.8 Å². The molecule has 0 aliphatic carbocycles. The lowest BCUT2D eigenvalue weighted by atomic mass is 10.1. The van der Waals surface area contributed by atoms with Gasteiger partial charge in [0.2, 0.25) is 0 Å². The summed E-state index contributed by atoms with van der Waals surface area (Å²) in [6.07, 6.45) is -2.50. The average molecular weight is 214 g/mol. The van der Waals surface area contributed by atoms with Crippen LogP contribution in [0.3, 0.4) is 0 Å². The number of thiophene rings is 1. The second-order valence-electron chi connectivity index (χ2n) is 3.02. The number of nitrogen functional groups attached to an aromatic ring is 1. The fraction of sp³-hybridized carbons (Fsp3) is 0.222. The van der Waals surface area contributed by atoms with Gasteiger partial charge in [0.15, 0.2) is 0 Å². The van der Waals surface area contributed by atoms with Crippen LogP contribution >= 0.6 is 11.3 Å². The third kappa shape index (κ3) is 1.33. The highest BCUT2D eigenvalue weighted by Crippen LogP contribution is 2.34. The first-order valence-electron chi connectivity index (χ1n) is 4.02. The van der Waals surface area contributed by atoms with Crippen molar-refractivity contribution in [1.82, 2.24) is 4.98 Å². The minimum absolute atomic E-state index is 0.0220. The van der Waals surface area contributed by atoms with Crippen LogP contribution in [0.1, 0.15) is 17.7 Å². The first kappa shape index (κ1) is 9.33. The van der Waals surface area contributed by atoms with Crippen LogP contribution in [0.25, 0.3) is 10.2 Å². The van der Waals surface area contributed by atoms with Crippen LogP contribution in [0.15, 0.2) is 11.4 Å². The minimum Gasteiger partial charge on any atom is -0.397 e. The third-order valence-electron chi connectivity index (χ3n) is 1.97. The van der Waals surface area contributed by atoms with E-state index in [0.717, 1.165) is 0 Å². The van der Waals surface area contributed by atoms with Crippen molar-refractivity contribution in [3.63, 3.8) is 0 Å². The van der Waals surface area contributed by atoms with Crippen molar-refractivity contribution in [2.45, 2.75) is 13.3 Å².